The minimum atomic E-state index is -1.35. The number of alkyl carbamates (subject to hydrolysis) is 1. The van der Waals surface area contributed by atoms with Gasteiger partial charge in [0, 0.05) is 11.2 Å². The quantitative estimate of drug-likeness (QED) is 0.424. The second-order valence-electron chi connectivity index (χ2n) is 12.2. The van der Waals surface area contributed by atoms with Crippen LogP contribution >= 0.6 is 0 Å². The van der Waals surface area contributed by atoms with Crippen molar-refractivity contribution >= 4 is 29.5 Å². The SMILES string of the molecule is Cc1cccc(C(C(=O)Nc2c(C)cccc2C)N(C(=O)C(CC(N)=O)NC(=O)OC(C)(C)C)C(C)(C)C)c1C. The lowest BCUT2D eigenvalue weighted by molar-refractivity contribution is -0.147. The van der Waals surface area contributed by atoms with Crippen LogP contribution in [0.4, 0.5) is 10.5 Å². The molecular weight excluding hydrogens is 508 g/mol. The third kappa shape index (κ3) is 8.31. The Bertz CT molecular complexity index is 1250. The van der Waals surface area contributed by atoms with E-state index >= 15 is 0 Å². The van der Waals surface area contributed by atoms with Gasteiger partial charge >= 0.3 is 6.09 Å². The molecule has 0 spiro atoms. The molecule has 0 aliphatic rings. The largest absolute Gasteiger partial charge is 0.444 e. The Morgan fingerprint density at radius 2 is 1.40 bits per heavy atom. The normalized spacial score (nSPS) is 13.2. The minimum absolute atomic E-state index is 0.426. The van der Waals surface area contributed by atoms with E-state index in [0.29, 0.717) is 11.3 Å². The molecule has 9 heteroatoms. The van der Waals surface area contributed by atoms with Gasteiger partial charge in [0.2, 0.25) is 11.8 Å². The predicted octanol–water partition coefficient (Wildman–Crippen LogP) is 5.00. The molecule has 2 rings (SSSR count). The second kappa shape index (κ2) is 12.5. The smallest absolute Gasteiger partial charge is 0.408 e. The lowest BCUT2D eigenvalue weighted by atomic mass is 9.91. The first-order valence-corrected chi connectivity index (χ1v) is 13.4. The van der Waals surface area contributed by atoms with Gasteiger partial charge in [-0.3, -0.25) is 14.4 Å². The number of benzene rings is 2. The first kappa shape index (κ1) is 32.3. The molecule has 2 unspecified atom stereocenters. The van der Waals surface area contributed by atoms with Gasteiger partial charge in [-0.25, -0.2) is 4.79 Å². The number of aryl methyl sites for hydroxylation is 3. The van der Waals surface area contributed by atoms with Crippen LogP contribution in [-0.4, -0.2) is 45.9 Å². The van der Waals surface area contributed by atoms with Crippen molar-refractivity contribution in [1.82, 2.24) is 10.2 Å². The molecule has 2 aromatic rings. The van der Waals surface area contributed by atoms with Crippen LogP contribution in [0.25, 0.3) is 0 Å². The number of primary amides is 1. The summed E-state index contributed by atoms with van der Waals surface area (Å²) in [6, 6.07) is 8.84. The van der Waals surface area contributed by atoms with Gasteiger partial charge in [0.05, 0.1) is 6.42 Å². The van der Waals surface area contributed by atoms with Crippen LogP contribution in [0.15, 0.2) is 36.4 Å². The number of rotatable bonds is 8. The van der Waals surface area contributed by atoms with Crippen molar-refractivity contribution < 1.29 is 23.9 Å². The fourth-order valence-electron chi connectivity index (χ4n) is 4.53. The molecule has 0 saturated carbocycles. The third-order valence-corrected chi connectivity index (χ3v) is 6.53. The van der Waals surface area contributed by atoms with Crippen LogP contribution in [0.2, 0.25) is 0 Å². The van der Waals surface area contributed by atoms with Gasteiger partial charge in [0.1, 0.15) is 17.7 Å². The maximum absolute atomic E-state index is 14.3. The number of nitrogens with zero attached hydrogens (tertiary/aromatic N) is 1. The zero-order valence-corrected chi connectivity index (χ0v) is 25.4. The number of amides is 4. The Morgan fingerprint density at radius 3 is 1.90 bits per heavy atom. The number of carbonyl (C=O) groups excluding carboxylic acids is 4. The van der Waals surface area contributed by atoms with Crippen molar-refractivity contribution in [3.8, 4) is 0 Å². The maximum atomic E-state index is 14.3. The van der Waals surface area contributed by atoms with Crippen molar-refractivity contribution in [3.05, 3.63) is 64.2 Å². The van der Waals surface area contributed by atoms with Crippen molar-refractivity contribution in [3.63, 3.8) is 0 Å². The van der Waals surface area contributed by atoms with Gasteiger partial charge in [-0.2, -0.15) is 0 Å². The molecule has 4 N–H and O–H groups in total. The Hall–Kier alpha value is -3.88. The summed E-state index contributed by atoms with van der Waals surface area (Å²) in [7, 11) is 0. The molecule has 0 aliphatic carbocycles. The van der Waals surface area contributed by atoms with Crippen LogP contribution in [0.1, 0.15) is 81.8 Å². The Balaban J connectivity index is 2.71. The molecule has 0 fully saturated rings. The van der Waals surface area contributed by atoms with Crippen LogP contribution in [0.3, 0.4) is 0 Å². The first-order valence-electron chi connectivity index (χ1n) is 13.4. The fraction of sp³-hybridized carbons (Fsp3) is 0.484. The van der Waals surface area contributed by atoms with E-state index in [9.17, 15) is 19.2 Å². The Kier molecular flexibility index (Phi) is 10.1. The summed E-state index contributed by atoms with van der Waals surface area (Å²) in [5.74, 6) is -1.85. The van der Waals surface area contributed by atoms with E-state index in [1.54, 1.807) is 41.5 Å². The number of hydrogen-bond acceptors (Lipinski definition) is 5. The van der Waals surface area contributed by atoms with Crippen LogP contribution in [0, 0.1) is 27.7 Å². The van der Waals surface area contributed by atoms with E-state index in [0.717, 1.165) is 22.3 Å². The van der Waals surface area contributed by atoms with Gasteiger partial charge in [-0.15, -0.1) is 0 Å². The molecule has 0 bridgehead atoms. The van der Waals surface area contributed by atoms with E-state index < -0.39 is 53.5 Å². The molecule has 0 aliphatic heterocycles. The molecule has 4 amide bonds. The highest BCUT2D eigenvalue weighted by Gasteiger charge is 2.43. The van der Waals surface area contributed by atoms with Gasteiger partial charge in [-0.1, -0.05) is 36.4 Å². The molecule has 0 heterocycles. The summed E-state index contributed by atoms with van der Waals surface area (Å²) in [6.45, 7) is 18.1. The highest BCUT2D eigenvalue weighted by atomic mass is 16.6. The van der Waals surface area contributed by atoms with E-state index in [1.807, 2.05) is 64.1 Å². The standard InChI is InChI=1S/C31H44N4O5/c1-18-13-12-16-22(21(18)4)26(27(37)34-25-19(2)14-11-15-20(25)3)35(30(5,6)7)28(38)23(17-24(32)36)33-29(39)40-31(8,9)10/h11-16,23,26H,17H2,1-10H3,(H2,32,36)(H,33,39)(H,34,37). The minimum Gasteiger partial charge on any atom is -0.444 e. The summed E-state index contributed by atoms with van der Waals surface area (Å²) < 4.78 is 5.35. The number of anilines is 1. The number of nitrogens with two attached hydrogens (primary N) is 1. The Morgan fingerprint density at radius 1 is 0.875 bits per heavy atom. The van der Waals surface area contributed by atoms with E-state index in [-0.39, 0.29) is 0 Å². The van der Waals surface area contributed by atoms with Gasteiger partial charge < -0.3 is 26.0 Å². The molecule has 0 radical (unpaired) electrons. The fourth-order valence-corrected chi connectivity index (χ4v) is 4.53. The molecule has 40 heavy (non-hydrogen) atoms. The number of carbonyl (C=O) groups is 4. The molecule has 218 valence electrons. The number of para-hydroxylation sites is 1. The van der Waals surface area contributed by atoms with Crippen LogP contribution in [0.5, 0.6) is 0 Å². The average Bonchev–Trinajstić information content (AvgIpc) is 2.78. The summed E-state index contributed by atoms with van der Waals surface area (Å²) in [5.41, 5.74) is 8.57. The van der Waals surface area contributed by atoms with Crippen molar-refractivity contribution in [2.45, 2.75) is 98.9 Å². The summed E-state index contributed by atoms with van der Waals surface area (Å²) in [5, 5.41) is 5.56. The second-order valence-corrected chi connectivity index (χ2v) is 12.2. The predicted molar refractivity (Wildman–Crippen MR) is 157 cm³/mol. The Labute approximate surface area is 237 Å². The lowest BCUT2D eigenvalue weighted by Gasteiger charge is -2.43. The van der Waals surface area contributed by atoms with Crippen molar-refractivity contribution in [2.24, 2.45) is 5.73 Å². The molecule has 0 aromatic heterocycles. The summed E-state index contributed by atoms with van der Waals surface area (Å²) >= 11 is 0. The molecule has 9 nitrogen and oxygen atoms in total. The van der Waals surface area contributed by atoms with E-state index in [1.165, 1.54) is 4.90 Å². The highest BCUT2D eigenvalue weighted by molar-refractivity contribution is 6.01. The van der Waals surface area contributed by atoms with E-state index in [4.69, 9.17) is 10.5 Å². The average molecular weight is 553 g/mol. The maximum Gasteiger partial charge on any atom is 0.408 e. The highest BCUT2D eigenvalue weighted by Crippen LogP contribution is 2.34. The summed E-state index contributed by atoms with van der Waals surface area (Å²) in [4.78, 5) is 54.6. The number of hydrogen-bond donors (Lipinski definition) is 3. The van der Waals surface area contributed by atoms with Gasteiger partial charge in [0.15, 0.2) is 0 Å². The number of nitrogens with one attached hydrogen (secondary N) is 2. The zero-order valence-electron chi connectivity index (χ0n) is 25.4. The van der Waals surface area contributed by atoms with Crippen molar-refractivity contribution in [1.29, 1.82) is 0 Å². The van der Waals surface area contributed by atoms with Crippen LogP contribution in [-0.2, 0) is 19.1 Å². The van der Waals surface area contributed by atoms with E-state index in [2.05, 4.69) is 10.6 Å². The molecule has 0 saturated heterocycles. The van der Waals surface area contributed by atoms with Gasteiger partial charge in [-0.05, 0) is 97.1 Å². The summed E-state index contributed by atoms with van der Waals surface area (Å²) in [6.07, 6.45) is -1.34. The lowest BCUT2D eigenvalue weighted by Crippen LogP contribution is -2.58. The van der Waals surface area contributed by atoms with Gasteiger partial charge in [0.25, 0.3) is 5.91 Å². The monoisotopic (exact) mass is 552 g/mol. The first-order chi connectivity index (χ1) is 18.3. The van der Waals surface area contributed by atoms with Crippen molar-refractivity contribution in [2.75, 3.05) is 5.32 Å². The van der Waals surface area contributed by atoms with Crippen LogP contribution < -0.4 is 16.4 Å². The molecular formula is C31H44N4O5. The zero-order chi connectivity index (χ0) is 30.6. The third-order valence-electron chi connectivity index (χ3n) is 6.53. The molecule has 2 aromatic carbocycles. The topological polar surface area (TPSA) is 131 Å². The molecule has 2 atom stereocenters. The number of ether oxygens (including phenoxy) is 1.